The number of hydrogen-bond donors (Lipinski definition) is 2. The van der Waals surface area contributed by atoms with E-state index in [4.69, 9.17) is 23.2 Å². The molecule has 2 aromatic rings. The van der Waals surface area contributed by atoms with Gasteiger partial charge in [0.15, 0.2) is 21.3 Å². The highest BCUT2D eigenvalue weighted by atomic mass is 79.9. The summed E-state index contributed by atoms with van der Waals surface area (Å²) < 4.78 is 14.6. The van der Waals surface area contributed by atoms with Crippen LogP contribution in [0.3, 0.4) is 0 Å². The first kappa shape index (κ1) is 27.9. The molecule has 2 saturated heterocycles. The zero-order chi connectivity index (χ0) is 29.6. The topological polar surface area (TPSA) is 132 Å². The number of carbonyl (C=O) groups is 5. The average Bonchev–Trinajstić information content (AvgIpc) is 3.28. The Kier molecular flexibility index (Phi) is 6.37. The Balaban J connectivity index is 1.51. The van der Waals surface area contributed by atoms with E-state index in [0.29, 0.717) is 5.57 Å². The van der Waals surface area contributed by atoms with Crippen LogP contribution in [0.4, 0.5) is 10.1 Å². The molecule has 0 aromatic heterocycles. The number of carboxylic acids is 1. The summed E-state index contributed by atoms with van der Waals surface area (Å²) in [7, 11) is 0. The van der Waals surface area contributed by atoms with Crippen molar-refractivity contribution in [3.63, 3.8) is 0 Å². The van der Waals surface area contributed by atoms with Gasteiger partial charge in [0.1, 0.15) is 0 Å². The molecule has 4 aliphatic rings. The van der Waals surface area contributed by atoms with Crippen LogP contribution in [0.2, 0.25) is 0 Å². The SMILES string of the molecule is O=C(O)c1cccc(N2C(=O)C3CC=C4C(CC5(Cl)C(=O)N(CBr)C(=O)C5(Cl)C4c4ccc(O)c(F)c4)C3C2=O)c1. The maximum atomic E-state index is 14.6. The minimum Gasteiger partial charge on any atom is -0.505 e. The fourth-order valence-electron chi connectivity index (χ4n) is 6.86. The third-order valence-electron chi connectivity index (χ3n) is 8.67. The number of amides is 4. The molecular formula is C28H20BrCl2FN2O7. The normalized spacial score (nSPS) is 32.5. The van der Waals surface area contributed by atoms with Gasteiger partial charge < -0.3 is 10.2 Å². The number of benzene rings is 2. The summed E-state index contributed by atoms with van der Waals surface area (Å²) in [5, 5.41) is 19.2. The number of carbonyl (C=O) groups excluding carboxylic acids is 4. The van der Waals surface area contributed by atoms with E-state index in [-0.39, 0.29) is 35.1 Å². The second-order valence-electron chi connectivity index (χ2n) is 10.6. The second kappa shape index (κ2) is 9.37. The summed E-state index contributed by atoms with van der Waals surface area (Å²) in [6.45, 7) is 0. The standard InChI is InChI=1S/C28H20BrCl2FN2O7/c29-11-33-25(40)27(30)10-17-15(21(28(27,31)26(33)41)12-4-7-19(35)18(32)9-12)5-6-16-20(17)23(37)34(22(16)36)14-3-1-2-13(8-14)24(38)39/h1-5,7-9,16-17,20-21,35H,6,10-11H2,(H,38,39). The van der Waals surface area contributed by atoms with Crippen LogP contribution in [-0.4, -0.2) is 59.9 Å². The Labute approximate surface area is 250 Å². The van der Waals surface area contributed by atoms with E-state index in [0.717, 1.165) is 21.9 Å². The van der Waals surface area contributed by atoms with Gasteiger partial charge in [0.2, 0.25) is 11.8 Å². The number of nitrogens with zero attached hydrogens (tertiary/aromatic N) is 2. The van der Waals surface area contributed by atoms with Gasteiger partial charge in [-0.1, -0.05) is 39.7 Å². The molecule has 3 fully saturated rings. The van der Waals surface area contributed by atoms with Crippen molar-refractivity contribution < 1.29 is 38.6 Å². The molecule has 2 aliphatic carbocycles. The Morgan fingerprint density at radius 1 is 1.05 bits per heavy atom. The Hall–Kier alpha value is -3.28. The second-order valence-corrected chi connectivity index (χ2v) is 12.3. The third kappa shape index (κ3) is 3.61. The summed E-state index contributed by atoms with van der Waals surface area (Å²) >= 11 is 17.3. The lowest BCUT2D eigenvalue weighted by Crippen LogP contribution is -2.60. The number of halogens is 4. The predicted molar refractivity (Wildman–Crippen MR) is 147 cm³/mol. The fourth-order valence-corrected chi connectivity index (χ4v) is 8.29. The lowest BCUT2D eigenvalue weighted by atomic mass is 9.56. The van der Waals surface area contributed by atoms with Gasteiger partial charge >= 0.3 is 5.97 Å². The molecule has 2 heterocycles. The number of hydrogen-bond acceptors (Lipinski definition) is 6. The molecule has 0 radical (unpaired) electrons. The average molecular weight is 666 g/mol. The lowest BCUT2D eigenvalue weighted by molar-refractivity contribution is -0.138. The summed E-state index contributed by atoms with van der Waals surface area (Å²) in [6, 6.07) is 8.93. The number of alkyl halides is 3. The van der Waals surface area contributed by atoms with Crippen molar-refractivity contribution in [2.45, 2.75) is 28.5 Å². The first-order valence-electron chi connectivity index (χ1n) is 12.6. The van der Waals surface area contributed by atoms with Crippen molar-refractivity contribution in [3.05, 3.63) is 71.1 Å². The largest absolute Gasteiger partial charge is 0.505 e. The smallest absolute Gasteiger partial charge is 0.335 e. The van der Waals surface area contributed by atoms with Crippen LogP contribution in [-0.2, 0) is 19.2 Å². The van der Waals surface area contributed by atoms with E-state index in [9.17, 15) is 38.6 Å². The Morgan fingerprint density at radius 2 is 1.78 bits per heavy atom. The van der Waals surface area contributed by atoms with E-state index in [1.54, 1.807) is 6.08 Å². The van der Waals surface area contributed by atoms with Gasteiger partial charge in [-0.05, 0) is 54.7 Å². The van der Waals surface area contributed by atoms with Crippen molar-refractivity contribution in [2.24, 2.45) is 17.8 Å². The van der Waals surface area contributed by atoms with Crippen LogP contribution in [0.5, 0.6) is 5.75 Å². The number of allylic oxidation sites excluding steroid dienone is 2. The van der Waals surface area contributed by atoms with E-state index < -0.39 is 74.6 Å². The highest BCUT2D eigenvalue weighted by Gasteiger charge is 2.76. The molecule has 9 nitrogen and oxygen atoms in total. The fraction of sp³-hybridized carbons (Fsp3) is 0.321. The summed E-state index contributed by atoms with van der Waals surface area (Å²) in [5.41, 5.74) is 0.400. The first-order valence-corrected chi connectivity index (χ1v) is 14.4. The van der Waals surface area contributed by atoms with Gasteiger partial charge in [0.05, 0.1) is 28.5 Å². The highest BCUT2D eigenvalue weighted by Crippen LogP contribution is 2.65. The van der Waals surface area contributed by atoms with Crippen molar-refractivity contribution in [3.8, 4) is 5.75 Å². The summed E-state index contributed by atoms with van der Waals surface area (Å²) in [6.07, 6.45) is 1.52. The molecule has 2 aliphatic heterocycles. The molecule has 41 heavy (non-hydrogen) atoms. The number of anilines is 1. The number of fused-ring (bicyclic) bond motifs is 4. The molecule has 212 valence electrons. The molecular weight excluding hydrogens is 646 g/mol. The summed E-state index contributed by atoms with van der Waals surface area (Å²) in [5.74, 6) is -9.43. The number of carboxylic acid groups (broad SMARTS) is 1. The number of rotatable bonds is 4. The van der Waals surface area contributed by atoms with E-state index >= 15 is 0 Å². The molecule has 6 atom stereocenters. The van der Waals surface area contributed by atoms with Crippen LogP contribution in [0.15, 0.2) is 54.1 Å². The minimum atomic E-state index is -2.10. The maximum absolute atomic E-state index is 14.6. The van der Waals surface area contributed by atoms with Gasteiger partial charge in [-0.15, -0.1) is 23.2 Å². The first-order chi connectivity index (χ1) is 19.4. The molecule has 0 spiro atoms. The molecule has 6 rings (SSSR count). The number of aromatic hydroxyl groups is 1. The Bertz CT molecular complexity index is 1620. The number of phenols is 1. The van der Waals surface area contributed by atoms with Crippen molar-refractivity contribution >= 4 is 74.4 Å². The van der Waals surface area contributed by atoms with Crippen molar-refractivity contribution in [2.75, 3.05) is 10.4 Å². The molecule has 6 unspecified atom stereocenters. The monoisotopic (exact) mass is 664 g/mol. The molecule has 2 aromatic carbocycles. The Morgan fingerprint density at radius 3 is 2.44 bits per heavy atom. The molecule has 0 bridgehead atoms. The van der Waals surface area contributed by atoms with Gasteiger partial charge in [0, 0.05) is 5.92 Å². The van der Waals surface area contributed by atoms with Crippen LogP contribution < -0.4 is 4.90 Å². The van der Waals surface area contributed by atoms with Gasteiger partial charge in [0.25, 0.3) is 11.8 Å². The minimum absolute atomic E-state index is 0.0831. The molecule has 4 amide bonds. The quantitative estimate of drug-likeness (QED) is 0.217. The molecule has 2 N–H and O–H groups in total. The van der Waals surface area contributed by atoms with Crippen LogP contribution in [0.25, 0.3) is 0 Å². The van der Waals surface area contributed by atoms with Crippen LogP contribution in [0, 0.1) is 23.6 Å². The number of imide groups is 2. The van der Waals surface area contributed by atoms with Crippen LogP contribution in [0.1, 0.15) is 34.7 Å². The zero-order valence-electron chi connectivity index (χ0n) is 20.9. The van der Waals surface area contributed by atoms with E-state index in [1.165, 1.54) is 30.3 Å². The highest BCUT2D eigenvalue weighted by molar-refractivity contribution is 9.09. The van der Waals surface area contributed by atoms with Gasteiger partial charge in [-0.25, -0.2) is 9.18 Å². The lowest BCUT2D eigenvalue weighted by Gasteiger charge is -2.50. The maximum Gasteiger partial charge on any atom is 0.335 e. The number of likely N-dealkylation sites (tertiary alicyclic amines) is 1. The van der Waals surface area contributed by atoms with Gasteiger partial charge in [-0.2, -0.15) is 0 Å². The number of aromatic carboxylic acids is 1. The zero-order valence-corrected chi connectivity index (χ0v) is 24.0. The van der Waals surface area contributed by atoms with Crippen molar-refractivity contribution in [1.29, 1.82) is 0 Å². The molecule has 1 saturated carbocycles. The van der Waals surface area contributed by atoms with Crippen LogP contribution >= 0.6 is 39.1 Å². The number of phenolic OH excluding ortho intramolecular Hbond substituents is 1. The third-order valence-corrected chi connectivity index (χ3v) is 10.6. The van der Waals surface area contributed by atoms with Gasteiger partial charge in [-0.3, -0.25) is 29.0 Å². The van der Waals surface area contributed by atoms with E-state index in [1.807, 2.05) is 0 Å². The van der Waals surface area contributed by atoms with Crippen molar-refractivity contribution in [1.82, 2.24) is 4.90 Å². The van der Waals surface area contributed by atoms with E-state index in [2.05, 4.69) is 15.9 Å². The molecule has 13 heteroatoms. The summed E-state index contributed by atoms with van der Waals surface area (Å²) in [4.78, 5) is 64.1. The predicted octanol–water partition coefficient (Wildman–Crippen LogP) is 4.15.